The number of imide groups is 1. The number of nitrogens with zero attached hydrogens (tertiary/aromatic N) is 2. The molecule has 0 bridgehead atoms. The topological polar surface area (TPSA) is 69.7 Å². The van der Waals surface area contributed by atoms with Gasteiger partial charge in [-0.1, -0.05) is 39.3 Å². The van der Waals surface area contributed by atoms with Gasteiger partial charge in [-0.3, -0.25) is 14.5 Å². The Morgan fingerprint density at radius 2 is 1.89 bits per heavy atom. The third-order valence-electron chi connectivity index (χ3n) is 6.59. The Kier molecular flexibility index (Phi) is 6.38. The minimum Gasteiger partial charge on any atom is -0.337 e. The molecule has 0 atom stereocenters. The van der Waals surface area contributed by atoms with Gasteiger partial charge < -0.3 is 10.2 Å². The fourth-order valence-corrected chi connectivity index (χ4v) is 4.28. The number of rotatable bonds is 7. The summed E-state index contributed by atoms with van der Waals surface area (Å²) in [5.41, 5.74) is 0.298. The Balaban J connectivity index is 2.05. The Bertz CT molecular complexity index is 618. The van der Waals surface area contributed by atoms with Crippen LogP contribution >= 0.6 is 0 Å². The van der Waals surface area contributed by atoms with Crippen molar-refractivity contribution < 1.29 is 14.4 Å². The molecule has 1 aliphatic carbocycles. The molecular formula is C21H35N3O3. The van der Waals surface area contributed by atoms with Crippen molar-refractivity contribution in [1.29, 1.82) is 0 Å². The highest BCUT2D eigenvalue weighted by atomic mass is 16.2. The maximum Gasteiger partial charge on any atom is 0.325 e. The average Bonchev–Trinajstić information content (AvgIpc) is 2.84. The first-order valence-corrected chi connectivity index (χ1v) is 10.1. The summed E-state index contributed by atoms with van der Waals surface area (Å²) in [7, 11) is 0. The number of carbonyl (C=O) groups excluding carboxylic acids is 3. The Hall–Kier alpha value is -1.85. The predicted molar refractivity (Wildman–Crippen MR) is 106 cm³/mol. The number of urea groups is 1. The van der Waals surface area contributed by atoms with E-state index in [1.165, 1.54) is 0 Å². The summed E-state index contributed by atoms with van der Waals surface area (Å²) in [6, 6.07) is -0.437. The summed E-state index contributed by atoms with van der Waals surface area (Å²) in [5, 5.41) is 2.91. The molecule has 0 unspecified atom stereocenters. The lowest BCUT2D eigenvalue weighted by Gasteiger charge is -2.42. The van der Waals surface area contributed by atoms with Crippen molar-refractivity contribution in [1.82, 2.24) is 15.1 Å². The van der Waals surface area contributed by atoms with Crippen molar-refractivity contribution in [3.63, 3.8) is 0 Å². The third-order valence-corrected chi connectivity index (χ3v) is 6.59. The monoisotopic (exact) mass is 377 g/mol. The molecule has 0 aromatic rings. The van der Waals surface area contributed by atoms with Crippen molar-refractivity contribution in [2.45, 2.75) is 72.3 Å². The summed E-state index contributed by atoms with van der Waals surface area (Å²) in [6.45, 7) is 15.1. The highest BCUT2D eigenvalue weighted by Crippen LogP contribution is 2.45. The van der Waals surface area contributed by atoms with Crippen LogP contribution in [0.15, 0.2) is 12.2 Å². The maximum atomic E-state index is 13.0. The van der Waals surface area contributed by atoms with Crippen molar-refractivity contribution in [2.75, 3.05) is 19.6 Å². The fourth-order valence-electron chi connectivity index (χ4n) is 4.28. The first-order chi connectivity index (χ1) is 12.6. The molecule has 1 saturated heterocycles. The minimum atomic E-state index is -0.816. The molecule has 1 N–H and O–H groups in total. The molecule has 1 heterocycles. The third kappa shape index (κ3) is 4.36. The van der Waals surface area contributed by atoms with E-state index in [1.54, 1.807) is 4.90 Å². The largest absolute Gasteiger partial charge is 0.337 e. The van der Waals surface area contributed by atoms with Crippen LogP contribution in [0.25, 0.3) is 0 Å². The first-order valence-electron chi connectivity index (χ1n) is 10.1. The molecule has 152 valence electrons. The number of nitrogens with one attached hydrogen (secondary N) is 1. The zero-order chi connectivity index (χ0) is 20.4. The van der Waals surface area contributed by atoms with Crippen LogP contribution in [0, 0.1) is 11.3 Å². The second kappa shape index (κ2) is 8.03. The van der Waals surface area contributed by atoms with Gasteiger partial charge in [0.25, 0.3) is 5.91 Å². The zero-order valence-electron chi connectivity index (χ0n) is 17.6. The van der Waals surface area contributed by atoms with Crippen LogP contribution in [-0.4, -0.2) is 52.8 Å². The van der Waals surface area contributed by atoms with Crippen molar-refractivity contribution >= 4 is 17.8 Å². The summed E-state index contributed by atoms with van der Waals surface area (Å²) in [5.74, 6) is 0.0986. The summed E-state index contributed by atoms with van der Waals surface area (Å²) >= 11 is 0. The van der Waals surface area contributed by atoms with E-state index >= 15 is 0 Å². The normalized spacial score (nSPS) is 25.7. The zero-order valence-corrected chi connectivity index (χ0v) is 17.6. The van der Waals surface area contributed by atoms with Crippen molar-refractivity contribution in [3.05, 3.63) is 12.2 Å². The number of hydrogen-bond donors (Lipinski definition) is 1. The summed E-state index contributed by atoms with van der Waals surface area (Å²) < 4.78 is 0. The Labute approximate surface area is 163 Å². The van der Waals surface area contributed by atoms with Gasteiger partial charge >= 0.3 is 6.03 Å². The first kappa shape index (κ1) is 21.5. The van der Waals surface area contributed by atoms with Crippen LogP contribution in [0.4, 0.5) is 4.79 Å². The lowest BCUT2D eigenvalue weighted by atomic mass is 9.65. The van der Waals surface area contributed by atoms with Gasteiger partial charge in [-0.2, -0.15) is 0 Å². The van der Waals surface area contributed by atoms with E-state index in [4.69, 9.17) is 0 Å². The molecule has 6 nitrogen and oxygen atoms in total. The minimum absolute atomic E-state index is 0.197. The van der Waals surface area contributed by atoms with E-state index in [0.29, 0.717) is 31.8 Å². The van der Waals surface area contributed by atoms with E-state index in [2.05, 4.69) is 32.7 Å². The van der Waals surface area contributed by atoms with Crippen molar-refractivity contribution in [2.24, 2.45) is 11.3 Å². The highest BCUT2D eigenvalue weighted by molar-refractivity contribution is 6.09. The molecule has 2 fully saturated rings. The lowest BCUT2D eigenvalue weighted by molar-refractivity contribution is -0.139. The number of likely N-dealkylation sites (N-methyl/N-ethyl adjacent to an activating group) is 1. The van der Waals surface area contributed by atoms with Crippen LogP contribution in [0.5, 0.6) is 0 Å². The fraction of sp³-hybridized carbons (Fsp3) is 0.762. The molecule has 0 aromatic heterocycles. The molecule has 2 aliphatic rings. The average molecular weight is 378 g/mol. The second-order valence-corrected chi connectivity index (χ2v) is 8.88. The van der Waals surface area contributed by atoms with E-state index in [9.17, 15) is 14.4 Å². The SMILES string of the molecule is C=C(C)CN(CC)C(=O)CN1C(=O)NC2(CCC(C(C)(C)CC)CC2)C1=O. The van der Waals surface area contributed by atoms with Gasteiger partial charge in [0.15, 0.2) is 0 Å². The van der Waals surface area contributed by atoms with Crippen molar-refractivity contribution in [3.8, 4) is 0 Å². The molecule has 1 saturated carbocycles. The van der Waals surface area contributed by atoms with Crippen LogP contribution in [-0.2, 0) is 9.59 Å². The molecule has 0 aromatic carbocycles. The van der Waals surface area contributed by atoms with E-state index in [-0.39, 0.29) is 23.8 Å². The quantitative estimate of drug-likeness (QED) is 0.546. The van der Waals surface area contributed by atoms with Crippen LogP contribution in [0.3, 0.4) is 0 Å². The number of amides is 4. The molecule has 1 aliphatic heterocycles. The standard InChI is InChI=1S/C21H35N3O3/c1-7-20(5,6)16-9-11-21(12-10-16)18(26)24(19(27)22-21)14-17(25)23(8-2)13-15(3)4/h16H,3,7-14H2,1-2,4-6H3,(H,22,27). The Morgan fingerprint density at radius 3 is 2.37 bits per heavy atom. The van der Waals surface area contributed by atoms with Crippen LogP contribution < -0.4 is 5.32 Å². The van der Waals surface area contributed by atoms with E-state index in [0.717, 1.165) is 29.7 Å². The van der Waals surface area contributed by atoms with E-state index in [1.807, 2.05) is 13.8 Å². The molecule has 1 spiro atoms. The number of carbonyl (C=O) groups is 3. The van der Waals surface area contributed by atoms with Crippen LogP contribution in [0.2, 0.25) is 0 Å². The molecule has 2 rings (SSSR count). The molecular weight excluding hydrogens is 342 g/mol. The Morgan fingerprint density at radius 1 is 1.30 bits per heavy atom. The predicted octanol–water partition coefficient (Wildman–Crippen LogP) is 3.33. The molecule has 27 heavy (non-hydrogen) atoms. The highest BCUT2D eigenvalue weighted by Gasteiger charge is 2.53. The van der Waals surface area contributed by atoms with Gasteiger partial charge in [0.2, 0.25) is 5.91 Å². The van der Waals surface area contributed by atoms with Gasteiger partial charge in [-0.25, -0.2) is 4.79 Å². The van der Waals surface area contributed by atoms with Gasteiger partial charge in [-0.15, -0.1) is 0 Å². The maximum absolute atomic E-state index is 13.0. The van der Waals surface area contributed by atoms with Gasteiger partial charge in [-0.05, 0) is 50.9 Å². The van der Waals surface area contributed by atoms with E-state index < -0.39 is 11.6 Å². The van der Waals surface area contributed by atoms with Gasteiger partial charge in [0, 0.05) is 13.1 Å². The molecule has 0 radical (unpaired) electrons. The van der Waals surface area contributed by atoms with Crippen LogP contribution in [0.1, 0.15) is 66.7 Å². The smallest absolute Gasteiger partial charge is 0.325 e. The van der Waals surface area contributed by atoms with Gasteiger partial charge in [0.1, 0.15) is 12.1 Å². The summed E-state index contributed by atoms with van der Waals surface area (Å²) in [4.78, 5) is 40.8. The molecule has 4 amide bonds. The molecule has 6 heteroatoms. The number of hydrogen-bond acceptors (Lipinski definition) is 3. The summed E-state index contributed by atoms with van der Waals surface area (Å²) in [6.07, 6.45) is 4.25. The van der Waals surface area contributed by atoms with Gasteiger partial charge in [0.05, 0.1) is 0 Å². The second-order valence-electron chi connectivity index (χ2n) is 8.88. The lowest BCUT2D eigenvalue weighted by Crippen LogP contribution is -2.51.